The fourth-order valence-electron chi connectivity index (χ4n) is 3.84. The molecule has 0 bridgehead atoms. The van der Waals surface area contributed by atoms with Gasteiger partial charge in [-0.15, -0.1) is 11.3 Å². The van der Waals surface area contributed by atoms with Crippen LogP contribution in [0.2, 0.25) is 0 Å². The predicted octanol–water partition coefficient (Wildman–Crippen LogP) is 1.61. The second kappa shape index (κ2) is 8.81. The van der Waals surface area contributed by atoms with E-state index < -0.39 is 0 Å². The van der Waals surface area contributed by atoms with Gasteiger partial charge >= 0.3 is 0 Å². The molecule has 2 amide bonds. The van der Waals surface area contributed by atoms with Gasteiger partial charge in [0.05, 0.1) is 24.2 Å². The highest BCUT2D eigenvalue weighted by Gasteiger charge is 2.36. The molecule has 4 rings (SSSR count). The number of hydrogen-bond donors (Lipinski definition) is 3. The minimum Gasteiger partial charge on any atom is -0.351 e. The third-order valence-electron chi connectivity index (χ3n) is 5.37. The number of amides is 2. The van der Waals surface area contributed by atoms with Crippen molar-refractivity contribution in [2.24, 2.45) is 5.92 Å². The molecule has 3 unspecified atom stereocenters. The van der Waals surface area contributed by atoms with Crippen molar-refractivity contribution in [1.82, 2.24) is 26.1 Å². The maximum atomic E-state index is 13.0. The van der Waals surface area contributed by atoms with E-state index in [9.17, 15) is 9.59 Å². The van der Waals surface area contributed by atoms with E-state index in [0.717, 1.165) is 23.4 Å². The maximum Gasteiger partial charge on any atom is 0.241 e. The van der Waals surface area contributed by atoms with E-state index in [2.05, 4.69) is 21.2 Å². The van der Waals surface area contributed by atoms with Crippen molar-refractivity contribution in [1.29, 1.82) is 0 Å². The number of pyridine rings is 1. The maximum absolute atomic E-state index is 13.0. The Kier molecular flexibility index (Phi) is 5.99. The van der Waals surface area contributed by atoms with Crippen LogP contribution in [0.1, 0.15) is 35.9 Å². The molecule has 0 aliphatic carbocycles. The summed E-state index contributed by atoms with van der Waals surface area (Å²) in [6.07, 6.45) is 4.09. The van der Waals surface area contributed by atoms with Crippen LogP contribution in [0.5, 0.6) is 0 Å². The van der Waals surface area contributed by atoms with Crippen LogP contribution in [0.25, 0.3) is 0 Å². The van der Waals surface area contributed by atoms with Gasteiger partial charge in [-0.3, -0.25) is 14.6 Å². The first-order chi connectivity index (χ1) is 13.7. The number of piperidine rings is 1. The van der Waals surface area contributed by atoms with Gasteiger partial charge in [0.2, 0.25) is 11.8 Å². The fourth-order valence-corrected chi connectivity index (χ4v) is 4.48. The Morgan fingerprint density at radius 2 is 2.18 bits per heavy atom. The van der Waals surface area contributed by atoms with Crippen molar-refractivity contribution >= 4 is 23.2 Å². The van der Waals surface area contributed by atoms with Crippen LogP contribution in [0, 0.1) is 5.92 Å². The molecular weight excluding hydrogens is 374 g/mol. The Hall–Kier alpha value is -2.29. The topological polar surface area (TPSA) is 86.4 Å². The highest BCUT2D eigenvalue weighted by Crippen LogP contribution is 2.24. The lowest BCUT2D eigenvalue weighted by molar-refractivity contribution is -0.137. The lowest BCUT2D eigenvalue weighted by atomic mass is 9.96. The molecule has 2 saturated heterocycles. The number of thiophene rings is 1. The summed E-state index contributed by atoms with van der Waals surface area (Å²) in [5.74, 6) is -0.0462. The molecule has 0 aromatic carbocycles. The Balaban J connectivity index is 1.30. The summed E-state index contributed by atoms with van der Waals surface area (Å²) in [5, 5.41) is 5.01. The highest BCUT2D eigenvalue weighted by atomic mass is 32.1. The zero-order chi connectivity index (χ0) is 19.3. The van der Waals surface area contributed by atoms with E-state index in [-0.39, 0.29) is 29.8 Å². The Morgan fingerprint density at radius 1 is 1.25 bits per heavy atom. The summed E-state index contributed by atoms with van der Waals surface area (Å²) >= 11 is 1.63. The average Bonchev–Trinajstić information content (AvgIpc) is 3.44. The molecule has 0 spiro atoms. The number of nitrogens with one attached hydrogen (secondary N) is 3. The van der Waals surface area contributed by atoms with Crippen LogP contribution in [0.3, 0.4) is 0 Å². The van der Waals surface area contributed by atoms with Gasteiger partial charge in [-0.25, -0.2) is 10.9 Å². The molecule has 2 aromatic heterocycles. The number of aromatic nitrogens is 1. The number of carbonyl (C=O) groups excluding carboxylic acids is 2. The summed E-state index contributed by atoms with van der Waals surface area (Å²) in [5.41, 5.74) is 7.21. The van der Waals surface area contributed by atoms with Crippen molar-refractivity contribution in [3.05, 3.63) is 52.5 Å². The summed E-state index contributed by atoms with van der Waals surface area (Å²) in [6.45, 7) is 1.75. The van der Waals surface area contributed by atoms with E-state index in [1.165, 1.54) is 0 Å². The predicted molar refractivity (Wildman–Crippen MR) is 107 cm³/mol. The smallest absolute Gasteiger partial charge is 0.241 e. The summed E-state index contributed by atoms with van der Waals surface area (Å²) in [7, 11) is 0. The average molecular weight is 400 g/mol. The summed E-state index contributed by atoms with van der Waals surface area (Å²) in [4.78, 5) is 32.8. The lowest BCUT2D eigenvalue weighted by Gasteiger charge is -2.33. The Morgan fingerprint density at radius 3 is 2.96 bits per heavy atom. The SMILES string of the molecule is O=C(NCc1cccs1)C1CCCN(C(=O)C2CC(c3ccccn3)NN2)C1. The summed E-state index contributed by atoms with van der Waals surface area (Å²) in [6, 6.07) is 9.51. The van der Waals surface area contributed by atoms with E-state index >= 15 is 0 Å². The van der Waals surface area contributed by atoms with Crippen molar-refractivity contribution in [3.8, 4) is 0 Å². The van der Waals surface area contributed by atoms with Gasteiger partial charge in [0.25, 0.3) is 0 Å². The molecule has 2 aliphatic rings. The van der Waals surface area contributed by atoms with Crippen molar-refractivity contribution in [3.63, 3.8) is 0 Å². The summed E-state index contributed by atoms with van der Waals surface area (Å²) < 4.78 is 0. The van der Waals surface area contributed by atoms with E-state index in [1.807, 2.05) is 40.6 Å². The van der Waals surface area contributed by atoms with Gasteiger partial charge in [-0.2, -0.15) is 0 Å². The lowest BCUT2D eigenvalue weighted by Crippen LogP contribution is -2.51. The normalized spacial score (nSPS) is 24.9. The standard InChI is InChI=1S/C20H25N5O2S/c26-19(22-12-15-6-4-10-28-15)14-5-3-9-25(13-14)20(27)18-11-17(23-24-18)16-7-1-2-8-21-16/h1-2,4,6-8,10,14,17-18,23-24H,3,5,9,11-13H2,(H,22,26). The largest absolute Gasteiger partial charge is 0.351 e. The van der Waals surface area contributed by atoms with Crippen LogP contribution in [-0.2, 0) is 16.1 Å². The van der Waals surface area contributed by atoms with E-state index in [4.69, 9.17) is 0 Å². The van der Waals surface area contributed by atoms with Gasteiger partial charge < -0.3 is 10.2 Å². The van der Waals surface area contributed by atoms with Crippen molar-refractivity contribution in [2.75, 3.05) is 13.1 Å². The molecule has 148 valence electrons. The van der Waals surface area contributed by atoms with Crippen LogP contribution in [-0.4, -0.2) is 40.8 Å². The number of carbonyl (C=O) groups is 2. The second-order valence-corrected chi connectivity index (χ2v) is 8.34. The van der Waals surface area contributed by atoms with Crippen molar-refractivity contribution in [2.45, 2.75) is 37.9 Å². The molecule has 2 aromatic rings. The molecule has 8 heteroatoms. The minimum absolute atomic E-state index is 0.0184. The van der Waals surface area contributed by atoms with Crippen LogP contribution in [0.15, 0.2) is 41.9 Å². The van der Waals surface area contributed by atoms with Crippen LogP contribution in [0.4, 0.5) is 0 Å². The first-order valence-corrected chi connectivity index (χ1v) is 10.6. The molecule has 4 heterocycles. The quantitative estimate of drug-likeness (QED) is 0.711. The molecule has 3 N–H and O–H groups in total. The first kappa shape index (κ1) is 19.0. The van der Waals surface area contributed by atoms with Crippen LogP contribution >= 0.6 is 11.3 Å². The third kappa shape index (κ3) is 4.40. The van der Waals surface area contributed by atoms with Gasteiger partial charge in [0.15, 0.2) is 0 Å². The van der Waals surface area contributed by atoms with Crippen molar-refractivity contribution < 1.29 is 9.59 Å². The molecule has 0 saturated carbocycles. The van der Waals surface area contributed by atoms with E-state index in [0.29, 0.717) is 26.1 Å². The number of nitrogens with zero attached hydrogens (tertiary/aromatic N) is 2. The molecule has 2 fully saturated rings. The third-order valence-corrected chi connectivity index (χ3v) is 6.24. The fraction of sp³-hybridized carbons (Fsp3) is 0.450. The Bertz CT molecular complexity index is 798. The molecule has 2 aliphatic heterocycles. The van der Waals surface area contributed by atoms with Crippen LogP contribution < -0.4 is 16.2 Å². The zero-order valence-electron chi connectivity index (χ0n) is 15.6. The molecular formula is C20H25N5O2S. The minimum atomic E-state index is -0.292. The monoisotopic (exact) mass is 399 g/mol. The zero-order valence-corrected chi connectivity index (χ0v) is 16.5. The van der Waals surface area contributed by atoms with Gasteiger partial charge in [0.1, 0.15) is 6.04 Å². The molecule has 28 heavy (non-hydrogen) atoms. The number of likely N-dealkylation sites (tertiary alicyclic amines) is 1. The van der Waals surface area contributed by atoms with Gasteiger partial charge in [0, 0.05) is 24.2 Å². The number of hydrogen-bond acceptors (Lipinski definition) is 6. The molecule has 7 nitrogen and oxygen atoms in total. The highest BCUT2D eigenvalue weighted by molar-refractivity contribution is 7.09. The van der Waals surface area contributed by atoms with Gasteiger partial charge in [-0.1, -0.05) is 12.1 Å². The number of hydrazine groups is 1. The molecule has 0 radical (unpaired) electrons. The number of rotatable bonds is 5. The molecule has 3 atom stereocenters. The van der Waals surface area contributed by atoms with E-state index in [1.54, 1.807) is 17.5 Å². The second-order valence-electron chi connectivity index (χ2n) is 7.30. The Labute approximate surface area is 168 Å². The van der Waals surface area contributed by atoms with Gasteiger partial charge in [-0.05, 0) is 42.8 Å². The first-order valence-electron chi connectivity index (χ1n) is 9.71.